The van der Waals surface area contributed by atoms with Crippen LogP contribution in [0.2, 0.25) is 0 Å². The quantitative estimate of drug-likeness (QED) is 0.817. The topological polar surface area (TPSA) is 66.4 Å². The normalized spacial score (nSPS) is 11.2. The van der Waals surface area contributed by atoms with Crippen molar-refractivity contribution in [2.45, 2.75) is 38.6 Å². The van der Waals surface area contributed by atoms with Crippen molar-refractivity contribution in [1.29, 1.82) is 0 Å². The van der Waals surface area contributed by atoms with Crippen LogP contribution in [0.15, 0.2) is 16.8 Å². The highest BCUT2D eigenvalue weighted by molar-refractivity contribution is 7.07. The average Bonchev–Trinajstić information content (AvgIpc) is 2.78. The summed E-state index contributed by atoms with van der Waals surface area (Å²) in [5, 5.41) is 15.6. The number of carbonyl (C=O) groups excluding carboxylic acids is 1. The Bertz CT molecular complexity index is 382. The van der Waals surface area contributed by atoms with Crippen LogP contribution in [0.5, 0.6) is 0 Å². The number of hydrogen-bond acceptors (Lipinski definition) is 3. The zero-order valence-electron chi connectivity index (χ0n) is 10.0. The Kier molecular flexibility index (Phi) is 4.69. The Morgan fingerprint density at radius 2 is 2.06 bits per heavy atom. The van der Waals surface area contributed by atoms with Crippen LogP contribution >= 0.6 is 11.3 Å². The molecule has 0 aromatic carbocycles. The van der Waals surface area contributed by atoms with Crippen molar-refractivity contribution >= 4 is 23.2 Å². The first-order valence-corrected chi connectivity index (χ1v) is 6.54. The molecule has 0 aliphatic heterocycles. The summed E-state index contributed by atoms with van der Waals surface area (Å²) in [5.74, 6) is -1.21. The molecule has 0 saturated heterocycles. The van der Waals surface area contributed by atoms with Gasteiger partial charge in [-0.15, -0.1) is 0 Å². The van der Waals surface area contributed by atoms with Crippen LogP contribution in [0.4, 0.5) is 0 Å². The SMILES string of the molecule is CCC(CC)(NC(=O)Cc1ccsc1)C(=O)O. The first kappa shape index (κ1) is 13.7. The lowest BCUT2D eigenvalue weighted by Crippen LogP contribution is -2.54. The lowest BCUT2D eigenvalue weighted by atomic mass is 9.92. The van der Waals surface area contributed by atoms with Crippen molar-refractivity contribution in [3.05, 3.63) is 22.4 Å². The molecule has 5 heteroatoms. The van der Waals surface area contributed by atoms with E-state index < -0.39 is 11.5 Å². The molecule has 0 saturated carbocycles. The van der Waals surface area contributed by atoms with Crippen LogP contribution in [-0.4, -0.2) is 22.5 Å². The number of rotatable bonds is 6. The maximum Gasteiger partial charge on any atom is 0.329 e. The van der Waals surface area contributed by atoms with Gasteiger partial charge in [0.15, 0.2) is 0 Å². The molecule has 0 unspecified atom stereocenters. The maximum absolute atomic E-state index is 11.8. The summed E-state index contributed by atoms with van der Waals surface area (Å²) in [6.07, 6.45) is 1.00. The molecule has 2 N–H and O–H groups in total. The fraction of sp³-hybridized carbons (Fsp3) is 0.500. The first-order chi connectivity index (χ1) is 8.04. The van der Waals surface area contributed by atoms with Gasteiger partial charge < -0.3 is 10.4 Å². The number of aliphatic carboxylic acids is 1. The fourth-order valence-electron chi connectivity index (χ4n) is 1.67. The fourth-order valence-corrected chi connectivity index (χ4v) is 2.34. The minimum absolute atomic E-state index is 0.235. The molecule has 0 aliphatic carbocycles. The van der Waals surface area contributed by atoms with E-state index in [9.17, 15) is 14.7 Å². The second kappa shape index (κ2) is 5.82. The van der Waals surface area contributed by atoms with Crippen molar-refractivity contribution in [2.75, 3.05) is 0 Å². The molecule has 1 heterocycles. The standard InChI is InChI=1S/C12H17NO3S/c1-3-12(4-2,11(15)16)13-10(14)7-9-5-6-17-8-9/h5-6,8H,3-4,7H2,1-2H3,(H,13,14)(H,15,16). The van der Waals surface area contributed by atoms with Gasteiger partial charge in [-0.1, -0.05) is 13.8 Å². The summed E-state index contributed by atoms with van der Waals surface area (Å²) in [5.41, 5.74) is -0.216. The molecule has 0 spiro atoms. The lowest BCUT2D eigenvalue weighted by Gasteiger charge is -2.27. The third-order valence-electron chi connectivity index (χ3n) is 2.94. The highest BCUT2D eigenvalue weighted by Gasteiger charge is 2.36. The highest BCUT2D eigenvalue weighted by atomic mass is 32.1. The van der Waals surface area contributed by atoms with Crippen molar-refractivity contribution in [3.63, 3.8) is 0 Å². The third-order valence-corrected chi connectivity index (χ3v) is 3.67. The molecule has 0 aliphatic rings. The van der Waals surface area contributed by atoms with Gasteiger partial charge in [-0.3, -0.25) is 4.79 Å². The third kappa shape index (κ3) is 3.30. The second-order valence-electron chi connectivity index (χ2n) is 3.95. The van der Waals surface area contributed by atoms with E-state index in [2.05, 4.69) is 5.32 Å². The van der Waals surface area contributed by atoms with Crippen LogP contribution in [0.25, 0.3) is 0 Å². The Morgan fingerprint density at radius 3 is 2.47 bits per heavy atom. The summed E-state index contributed by atoms with van der Waals surface area (Å²) in [6, 6.07) is 1.87. The molecule has 1 aromatic rings. The molecule has 1 rings (SSSR count). The number of amides is 1. The monoisotopic (exact) mass is 255 g/mol. The Morgan fingerprint density at radius 1 is 1.41 bits per heavy atom. The van der Waals surface area contributed by atoms with Crippen molar-refractivity contribution in [2.24, 2.45) is 0 Å². The van der Waals surface area contributed by atoms with Crippen LogP contribution in [-0.2, 0) is 16.0 Å². The predicted molar refractivity (Wildman–Crippen MR) is 67.1 cm³/mol. The number of hydrogen-bond donors (Lipinski definition) is 2. The molecule has 1 aromatic heterocycles. The van der Waals surface area contributed by atoms with Crippen LogP contribution in [0.1, 0.15) is 32.3 Å². The van der Waals surface area contributed by atoms with Gasteiger partial charge in [0.05, 0.1) is 6.42 Å². The van der Waals surface area contributed by atoms with Gasteiger partial charge in [0.25, 0.3) is 0 Å². The zero-order valence-corrected chi connectivity index (χ0v) is 10.8. The minimum atomic E-state index is -1.13. The molecule has 0 atom stereocenters. The Labute approximate surface area is 105 Å². The van der Waals surface area contributed by atoms with Gasteiger partial charge in [-0.2, -0.15) is 11.3 Å². The van der Waals surface area contributed by atoms with Gasteiger partial charge in [-0.05, 0) is 35.2 Å². The van der Waals surface area contributed by atoms with Gasteiger partial charge in [-0.25, -0.2) is 4.79 Å². The van der Waals surface area contributed by atoms with Gasteiger partial charge in [0, 0.05) is 0 Å². The van der Waals surface area contributed by atoms with E-state index in [0.717, 1.165) is 5.56 Å². The number of nitrogens with one attached hydrogen (secondary N) is 1. The second-order valence-corrected chi connectivity index (χ2v) is 4.73. The van der Waals surface area contributed by atoms with E-state index in [0.29, 0.717) is 12.8 Å². The first-order valence-electron chi connectivity index (χ1n) is 5.59. The molecule has 4 nitrogen and oxygen atoms in total. The minimum Gasteiger partial charge on any atom is -0.480 e. The maximum atomic E-state index is 11.8. The van der Waals surface area contributed by atoms with Crippen LogP contribution in [0, 0.1) is 0 Å². The van der Waals surface area contributed by atoms with Crippen molar-refractivity contribution in [3.8, 4) is 0 Å². The van der Waals surface area contributed by atoms with Gasteiger partial charge in [0.1, 0.15) is 5.54 Å². The summed E-state index contributed by atoms with van der Waals surface area (Å²) >= 11 is 1.52. The van der Waals surface area contributed by atoms with E-state index in [1.54, 1.807) is 13.8 Å². The number of carboxylic acid groups (broad SMARTS) is 1. The number of carbonyl (C=O) groups is 2. The molecular weight excluding hydrogens is 238 g/mol. The molecule has 0 radical (unpaired) electrons. The molecule has 1 amide bonds. The van der Waals surface area contributed by atoms with E-state index in [4.69, 9.17) is 0 Å². The van der Waals surface area contributed by atoms with Gasteiger partial charge >= 0.3 is 5.97 Å². The molecule has 0 bridgehead atoms. The lowest BCUT2D eigenvalue weighted by molar-refractivity contribution is -0.148. The summed E-state index contributed by atoms with van der Waals surface area (Å²) in [6.45, 7) is 3.53. The van der Waals surface area contributed by atoms with Crippen LogP contribution < -0.4 is 5.32 Å². The van der Waals surface area contributed by atoms with Crippen molar-refractivity contribution < 1.29 is 14.7 Å². The van der Waals surface area contributed by atoms with E-state index >= 15 is 0 Å². The molecule has 94 valence electrons. The summed E-state index contributed by atoms with van der Waals surface area (Å²) < 4.78 is 0. The van der Waals surface area contributed by atoms with Crippen LogP contribution in [0.3, 0.4) is 0 Å². The zero-order chi connectivity index (χ0) is 12.9. The number of thiophene rings is 1. The summed E-state index contributed by atoms with van der Waals surface area (Å²) in [7, 11) is 0. The van der Waals surface area contributed by atoms with E-state index in [-0.39, 0.29) is 12.3 Å². The van der Waals surface area contributed by atoms with Crippen molar-refractivity contribution in [1.82, 2.24) is 5.32 Å². The highest BCUT2D eigenvalue weighted by Crippen LogP contribution is 2.16. The Hall–Kier alpha value is -1.36. The Balaban J connectivity index is 2.68. The molecule has 17 heavy (non-hydrogen) atoms. The smallest absolute Gasteiger partial charge is 0.329 e. The average molecular weight is 255 g/mol. The largest absolute Gasteiger partial charge is 0.480 e. The molecule has 0 fully saturated rings. The predicted octanol–water partition coefficient (Wildman–Crippen LogP) is 2.05. The van der Waals surface area contributed by atoms with E-state index in [1.165, 1.54) is 11.3 Å². The number of carboxylic acids is 1. The molecular formula is C12H17NO3S. The summed E-state index contributed by atoms with van der Waals surface area (Å²) in [4.78, 5) is 23.0. The van der Waals surface area contributed by atoms with E-state index in [1.807, 2.05) is 16.8 Å². The van der Waals surface area contributed by atoms with Gasteiger partial charge in [0.2, 0.25) is 5.91 Å².